The first-order valence-electron chi connectivity index (χ1n) is 10.3. The smallest absolute Gasteiger partial charge is 0.336 e. The lowest BCUT2D eigenvalue weighted by Crippen LogP contribution is -2.14. The van der Waals surface area contributed by atoms with Crippen molar-refractivity contribution in [1.29, 1.82) is 0 Å². The molecule has 5 nitrogen and oxygen atoms in total. The van der Waals surface area contributed by atoms with Crippen molar-refractivity contribution in [3.05, 3.63) is 83.2 Å². The summed E-state index contributed by atoms with van der Waals surface area (Å²) in [5, 5.41) is 18.9. The predicted octanol–water partition coefficient (Wildman–Crippen LogP) is 5.31. The molecule has 0 unspecified atom stereocenters. The first kappa shape index (κ1) is 20.0. The molecule has 1 atom stereocenters. The number of phenolic OH excluding ortho intramolecular Hbond substituents is 1. The third kappa shape index (κ3) is 4.15. The molecule has 2 aromatic carbocycles. The van der Waals surface area contributed by atoms with Crippen LogP contribution in [-0.2, 0) is 12.8 Å². The number of aromatic carboxylic acids is 1. The minimum Gasteiger partial charge on any atom is -0.508 e. The van der Waals surface area contributed by atoms with Crippen LogP contribution in [0.2, 0.25) is 0 Å². The Labute approximate surface area is 176 Å². The number of aromatic nitrogens is 1. The zero-order chi connectivity index (χ0) is 21.1. The average Bonchev–Trinajstić information content (AvgIpc) is 2.77. The molecule has 154 valence electrons. The lowest BCUT2D eigenvalue weighted by Gasteiger charge is -2.28. The van der Waals surface area contributed by atoms with Crippen LogP contribution >= 0.6 is 0 Å². The second kappa shape index (κ2) is 8.57. The Morgan fingerprint density at radius 1 is 1.13 bits per heavy atom. The van der Waals surface area contributed by atoms with Crippen LogP contribution in [0.1, 0.15) is 52.2 Å². The summed E-state index contributed by atoms with van der Waals surface area (Å²) < 4.78 is 0. The number of carboxylic acid groups (broad SMARTS) is 1. The van der Waals surface area contributed by atoms with Gasteiger partial charge in [-0.05, 0) is 97.2 Å². The molecule has 0 saturated heterocycles. The molecule has 2 N–H and O–H groups in total. The topological polar surface area (TPSA) is 73.7 Å². The van der Waals surface area contributed by atoms with Crippen molar-refractivity contribution in [2.24, 2.45) is 0 Å². The molecule has 1 aliphatic carbocycles. The van der Waals surface area contributed by atoms with Crippen molar-refractivity contribution in [3.8, 4) is 5.75 Å². The van der Waals surface area contributed by atoms with Gasteiger partial charge in [0.2, 0.25) is 0 Å². The Balaban J connectivity index is 1.52. The molecule has 1 aliphatic rings. The summed E-state index contributed by atoms with van der Waals surface area (Å²) in [4.78, 5) is 17.7. The van der Waals surface area contributed by atoms with Gasteiger partial charge in [-0.15, -0.1) is 0 Å². The lowest BCUT2D eigenvalue weighted by molar-refractivity contribution is 0.0695. The van der Waals surface area contributed by atoms with E-state index in [-0.39, 0.29) is 5.75 Å². The molecule has 1 heterocycles. The van der Waals surface area contributed by atoms with Gasteiger partial charge in [-0.3, -0.25) is 4.98 Å². The maximum Gasteiger partial charge on any atom is 0.336 e. The minimum absolute atomic E-state index is 0.264. The van der Waals surface area contributed by atoms with Gasteiger partial charge in [0, 0.05) is 30.8 Å². The van der Waals surface area contributed by atoms with Crippen LogP contribution in [0.5, 0.6) is 5.75 Å². The van der Waals surface area contributed by atoms with Gasteiger partial charge in [-0.25, -0.2) is 4.79 Å². The zero-order valence-corrected chi connectivity index (χ0v) is 17.1. The van der Waals surface area contributed by atoms with E-state index in [9.17, 15) is 15.0 Å². The average molecular weight is 402 g/mol. The molecule has 0 fully saturated rings. The molecule has 1 aromatic heterocycles. The third-order valence-electron chi connectivity index (χ3n) is 6.09. The lowest BCUT2D eigenvalue weighted by atomic mass is 9.79. The van der Waals surface area contributed by atoms with Gasteiger partial charge < -0.3 is 15.1 Å². The van der Waals surface area contributed by atoms with Gasteiger partial charge in [-0.2, -0.15) is 0 Å². The molecule has 0 bridgehead atoms. The fraction of sp³-hybridized carbons (Fsp3) is 0.280. The van der Waals surface area contributed by atoms with E-state index in [0.717, 1.165) is 49.0 Å². The minimum atomic E-state index is -0.890. The summed E-state index contributed by atoms with van der Waals surface area (Å²) in [5.41, 5.74) is 6.06. The van der Waals surface area contributed by atoms with Crippen LogP contribution in [-0.4, -0.2) is 28.2 Å². The van der Waals surface area contributed by atoms with Crippen molar-refractivity contribution >= 4 is 17.3 Å². The van der Waals surface area contributed by atoms with Gasteiger partial charge in [0.25, 0.3) is 0 Å². The largest absolute Gasteiger partial charge is 0.508 e. The molecule has 0 amide bonds. The van der Waals surface area contributed by atoms with E-state index in [1.807, 2.05) is 19.2 Å². The van der Waals surface area contributed by atoms with Gasteiger partial charge >= 0.3 is 5.97 Å². The number of hydrogen-bond acceptors (Lipinski definition) is 4. The molecular weight excluding hydrogens is 376 g/mol. The Morgan fingerprint density at radius 3 is 2.67 bits per heavy atom. The Hall–Kier alpha value is -3.34. The van der Waals surface area contributed by atoms with Gasteiger partial charge in [-0.1, -0.05) is 6.07 Å². The van der Waals surface area contributed by atoms with E-state index in [0.29, 0.717) is 11.5 Å². The Bertz CT molecular complexity index is 1050. The van der Waals surface area contributed by atoms with Gasteiger partial charge in [0.05, 0.1) is 5.56 Å². The number of carbonyl (C=O) groups is 1. The molecule has 0 aliphatic heterocycles. The third-order valence-corrected chi connectivity index (χ3v) is 6.09. The number of aryl methyl sites for hydroxylation is 2. The summed E-state index contributed by atoms with van der Waals surface area (Å²) in [7, 11) is 2.03. The van der Waals surface area contributed by atoms with E-state index >= 15 is 0 Å². The zero-order valence-electron chi connectivity index (χ0n) is 17.1. The molecule has 3 aromatic rings. The maximum atomic E-state index is 11.5. The first-order chi connectivity index (χ1) is 14.5. The second-order valence-corrected chi connectivity index (χ2v) is 7.92. The number of aromatic hydroxyl groups is 1. The molecule has 4 rings (SSSR count). The van der Waals surface area contributed by atoms with Crippen molar-refractivity contribution in [2.45, 2.75) is 38.0 Å². The number of fused-ring (bicyclic) bond motifs is 1. The highest BCUT2D eigenvalue weighted by Crippen LogP contribution is 2.38. The summed E-state index contributed by atoms with van der Waals surface area (Å²) in [6, 6.07) is 15.4. The fourth-order valence-corrected chi connectivity index (χ4v) is 4.40. The van der Waals surface area contributed by atoms with Crippen LogP contribution in [0.15, 0.2) is 60.9 Å². The highest BCUT2D eigenvalue weighted by molar-refractivity contribution is 5.89. The normalized spacial score (nSPS) is 15.4. The summed E-state index contributed by atoms with van der Waals surface area (Å²) in [5.74, 6) is -0.193. The van der Waals surface area contributed by atoms with E-state index < -0.39 is 5.97 Å². The number of nitrogens with zero attached hydrogens (tertiary/aromatic N) is 2. The maximum absolute atomic E-state index is 11.5. The van der Waals surface area contributed by atoms with Crippen LogP contribution < -0.4 is 4.90 Å². The standard InChI is InChI=1S/C25H26N2O3/c1-27(20-7-10-22(28)11-8-20)21-9-12-23-17(3-2-4-18(23)15-21)5-6-19-16-26-14-13-24(19)25(29)30/h7-17,28H,2-6H2,1H3,(H,29,30)/t17-/m0/s1. The van der Waals surface area contributed by atoms with Gasteiger partial charge in [0.1, 0.15) is 5.75 Å². The fourth-order valence-electron chi connectivity index (χ4n) is 4.40. The highest BCUT2D eigenvalue weighted by Gasteiger charge is 2.22. The molecular formula is C25H26N2O3. The van der Waals surface area contributed by atoms with Crippen molar-refractivity contribution in [1.82, 2.24) is 4.98 Å². The van der Waals surface area contributed by atoms with Crippen molar-refractivity contribution in [2.75, 3.05) is 11.9 Å². The van der Waals surface area contributed by atoms with E-state index in [1.165, 1.54) is 17.3 Å². The number of pyridine rings is 1. The van der Waals surface area contributed by atoms with Crippen molar-refractivity contribution < 1.29 is 15.0 Å². The number of phenols is 1. The number of benzene rings is 2. The summed E-state index contributed by atoms with van der Waals surface area (Å²) in [6.45, 7) is 0. The number of rotatable bonds is 6. The monoisotopic (exact) mass is 402 g/mol. The molecule has 5 heteroatoms. The van der Waals surface area contributed by atoms with E-state index in [1.54, 1.807) is 24.4 Å². The van der Waals surface area contributed by atoms with Crippen LogP contribution in [0, 0.1) is 0 Å². The SMILES string of the molecule is CN(c1ccc(O)cc1)c1ccc2c(c1)CCC[C@H]2CCc1cnccc1C(=O)O. The highest BCUT2D eigenvalue weighted by atomic mass is 16.4. The van der Waals surface area contributed by atoms with E-state index in [4.69, 9.17) is 0 Å². The number of carboxylic acids is 1. The molecule has 30 heavy (non-hydrogen) atoms. The van der Waals surface area contributed by atoms with Crippen LogP contribution in [0.4, 0.5) is 11.4 Å². The quantitative estimate of drug-likeness (QED) is 0.585. The molecule has 0 radical (unpaired) electrons. The Morgan fingerprint density at radius 2 is 1.90 bits per heavy atom. The predicted molar refractivity (Wildman–Crippen MR) is 118 cm³/mol. The van der Waals surface area contributed by atoms with Crippen LogP contribution in [0.25, 0.3) is 0 Å². The Kier molecular flexibility index (Phi) is 5.70. The number of hydrogen-bond donors (Lipinski definition) is 2. The van der Waals surface area contributed by atoms with Gasteiger partial charge in [0.15, 0.2) is 0 Å². The number of anilines is 2. The first-order valence-corrected chi connectivity index (χ1v) is 10.3. The van der Waals surface area contributed by atoms with E-state index in [2.05, 4.69) is 28.1 Å². The second-order valence-electron chi connectivity index (χ2n) is 7.92. The molecule has 0 spiro atoms. The van der Waals surface area contributed by atoms with Crippen LogP contribution in [0.3, 0.4) is 0 Å². The summed E-state index contributed by atoms with van der Waals surface area (Å²) in [6.07, 6.45) is 8.20. The van der Waals surface area contributed by atoms with Crippen molar-refractivity contribution in [3.63, 3.8) is 0 Å². The molecule has 0 saturated carbocycles. The summed E-state index contributed by atoms with van der Waals surface area (Å²) >= 11 is 0.